The summed E-state index contributed by atoms with van der Waals surface area (Å²) < 4.78 is 13.9. The standard InChI is InChI=1S/C3H10NO3P.K/c1-2-3(4)7-8(5)6;/h3,8H,2,4H2,1H3,(H,5,6);/q;+1/p-1. The molecule has 0 saturated heterocycles. The fourth-order valence-electron chi connectivity index (χ4n) is 0.207. The minimum absolute atomic E-state index is 0. The van der Waals surface area contributed by atoms with Crippen molar-refractivity contribution in [2.24, 2.45) is 5.73 Å². The Hall–Kier alpha value is 1.75. The molecule has 0 spiro atoms. The maximum Gasteiger partial charge on any atom is 1.00 e. The molecule has 4 nitrogen and oxygen atoms in total. The quantitative estimate of drug-likeness (QED) is 0.275. The molecule has 0 amide bonds. The largest absolute Gasteiger partial charge is 1.00 e. The van der Waals surface area contributed by atoms with E-state index in [1.165, 1.54) is 0 Å². The molecular formula is C3H9KNO3P. The van der Waals surface area contributed by atoms with Crippen molar-refractivity contribution in [1.29, 1.82) is 0 Å². The SMILES string of the molecule is CCC(N)O[PH](=O)[O-].[K+]. The first-order valence-electron chi connectivity index (χ1n) is 2.30. The van der Waals surface area contributed by atoms with Crippen LogP contribution in [-0.2, 0) is 9.09 Å². The summed E-state index contributed by atoms with van der Waals surface area (Å²) >= 11 is 0. The van der Waals surface area contributed by atoms with Crippen molar-refractivity contribution in [3.8, 4) is 0 Å². The predicted octanol–water partition coefficient (Wildman–Crippen LogP) is -3.55. The summed E-state index contributed by atoms with van der Waals surface area (Å²) in [7, 11) is -3.07. The van der Waals surface area contributed by atoms with E-state index in [0.717, 1.165) is 0 Å². The zero-order chi connectivity index (χ0) is 6.57. The molecule has 0 fully saturated rings. The van der Waals surface area contributed by atoms with E-state index in [4.69, 9.17) is 5.73 Å². The Morgan fingerprint density at radius 2 is 2.33 bits per heavy atom. The van der Waals surface area contributed by atoms with Crippen LogP contribution in [0.4, 0.5) is 0 Å². The second kappa shape index (κ2) is 7.85. The molecule has 2 unspecified atom stereocenters. The number of hydrogen-bond donors (Lipinski definition) is 1. The molecule has 0 aliphatic heterocycles. The fraction of sp³-hybridized carbons (Fsp3) is 1.00. The van der Waals surface area contributed by atoms with Gasteiger partial charge in [0.25, 0.3) is 0 Å². The second-order valence-electron chi connectivity index (χ2n) is 1.31. The molecule has 0 bridgehead atoms. The Balaban J connectivity index is 0. The van der Waals surface area contributed by atoms with E-state index in [0.29, 0.717) is 6.42 Å². The number of rotatable bonds is 3. The van der Waals surface area contributed by atoms with Crippen molar-refractivity contribution in [2.45, 2.75) is 19.6 Å². The van der Waals surface area contributed by atoms with Crippen molar-refractivity contribution in [3.63, 3.8) is 0 Å². The van der Waals surface area contributed by atoms with Gasteiger partial charge in [0.15, 0.2) is 0 Å². The first-order valence-corrected chi connectivity index (χ1v) is 3.52. The molecule has 6 heteroatoms. The Morgan fingerprint density at radius 3 is 2.44 bits per heavy atom. The van der Waals surface area contributed by atoms with E-state index < -0.39 is 14.5 Å². The van der Waals surface area contributed by atoms with E-state index in [1.807, 2.05) is 0 Å². The Labute approximate surface area is 97.5 Å². The van der Waals surface area contributed by atoms with Gasteiger partial charge in [0.05, 0.1) is 0 Å². The predicted molar refractivity (Wildman–Crippen MR) is 28.4 cm³/mol. The van der Waals surface area contributed by atoms with Crippen LogP contribution in [0.2, 0.25) is 0 Å². The molecule has 0 aliphatic carbocycles. The smallest absolute Gasteiger partial charge is 0.781 e. The van der Waals surface area contributed by atoms with Gasteiger partial charge in [0.2, 0.25) is 0 Å². The number of nitrogens with two attached hydrogens (primary N) is 1. The summed E-state index contributed by atoms with van der Waals surface area (Å²) in [5.41, 5.74) is 5.08. The average molecular weight is 177 g/mol. The first kappa shape index (κ1) is 13.3. The molecule has 0 saturated carbocycles. The van der Waals surface area contributed by atoms with Gasteiger partial charge in [-0.3, -0.25) is 0 Å². The molecule has 9 heavy (non-hydrogen) atoms. The van der Waals surface area contributed by atoms with Crippen molar-refractivity contribution < 1.29 is 65.4 Å². The van der Waals surface area contributed by atoms with Gasteiger partial charge < -0.3 is 19.7 Å². The average Bonchev–Trinajstić information content (AvgIpc) is 1.65. The van der Waals surface area contributed by atoms with Crippen LogP contribution in [0, 0.1) is 0 Å². The topological polar surface area (TPSA) is 75.4 Å². The van der Waals surface area contributed by atoms with Crippen molar-refractivity contribution in [2.75, 3.05) is 0 Å². The molecule has 0 aromatic carbocycles. The third kappa shape index (κ3) is 9.75. The van der Waals surface area contributed by atoms with Gasteiger partial charge in [0.1, 0.15) is 14.5 Å². The molecule has 0 aliphatic rings. The Kier molecular flexibility index (Phi) is 11.6. The van der Waals surface area contributed by atoms with Crippen LogP contribution >= 0.6 is 8.25 Å². The van der Waals surface area contributed by atoms with Gasteiger partial charge in [-0.2, -0.15) is 0 Å². The molecule has 0 aromatic heterocycles. The van der Waals surface area contributed by atoms with Crippen LogP contribution < -0.4 is 62.0 Å². The minimum Gasteiger partial charge on any atom is -0.781 e. The maximum absolute atomic E-state index is 9.74. The van der Waals surface area contributed by atoms with Gasteiger partial charge >= 0.3 is 51.4 Å². The molecule has 2 atom stereocenters. The molecule has 0 heterocycles. The van der Waals surface area contributed by atoms with Crippen LogP contribution in [-0.4, -0.2) is 6.23 Å². The van der Waals surface area contributed by atoms with Crippen LogP contribution in [0.15, 0.2) is 0 Å². The molecule has 0 rings (SSSR count). The van der Waals surface area contributed by atoms with Crippen molar-refractivity contribution >= 4 is 8.25 Å². The normalized spacial score (nSPS) is 15.9. The number of hydrogen-bond acceptors (Lipinski definition) is 4. The molecule has 2 N–H and O–H groups in total. The summed E-state index contributed by atoms with van der Waals surface area (Å²) in [6.45, 7) is 1.75. The van der Waals surface area contributed by atoms with Gasteiger partial charge in [-0.1, -0.05) is 6.92 Å². The summed E-state index contributed by atoms with van der Waals surface area (Å²) in [6, 6.07) is 0. The summed E-state index contributed by atoms with van der Waals surface area (Å²) in [4.78, 5) is 9.74. The summed E-state index contributed by atoms with van der Waals surface area (Å²) in [6.07, 6.45) is -0.141. The molecule has 0 radical (unpaired) electrons. The van der Waals surface area contributed by atoms with Crippen LogP contribution in [0.1, 0.15) is 13.3 Å². The van der Waals surface area contributed by atoms with Gasteiger partial charge in [-0.05, 0) is 6.42 Å². The molecule has 50 valence electrons. The van der Waals surface area contributed by atoms with Crippen LogP contribution in [0.5, 0.6) is 0 Å². The van der Waals surface area contributed by atoms with E-state index in [2.05, 4.69) is 4.52 Å². The Bertz CT molecular complexity index is 91.1. The summed E-state index contributed by atoms with van der Waals surface area (Å²) in [5, 5.41) is 0. The zero-order valence-corrected chi connectivity index (χ0v) is 9.71. The first-order chi connectivity index (χ1) is 3.66. The third-order valence-electron chi connectivity index (χ3n) is 0.650. The molecule has 0 aromatic rings. The fourth-order valence-corrected chi connectivity index (χ4v) is 0.621. The monoisotopic (exact) mass is 177 g/mol. The molecular weight excluding hydrogens is 168 g/mol. The van der Waals surface area contributed by atoms with Crippen molar-refractivity contribution in [1.82, 2.24) is 0 Å². The van der Waals surface area contributed by atoms with Crippen LogP contribution in [0.25, 0.3) is 0 Å². The summed E-state index contributed by atoms with van der Waals surface area (Å²) in [5.74, 6) is 0. The maximum atomic E-state index is 9.74. The van der Waals surface area contributed by atoms with Gasteiger partial charge in [-0.15, -0.1) is 0 Å². The van der Waals surface area contributed by atoms with Crippen LogP contribution in [0.3, 0.4) is 0 Å². The van der Waals surface area contributed by atoms with E-state index in [1.54, 1.807) is 6.92 Å². The zero-order valence-electron chi connectivity index (χ0n) is 5.59. The second-order valence-corrected chi connectivity index (χ2v) is 2.05. The minimum atomic E-state index is -3.07. The van der Waals surface area contributed by atoms with Crippen molar-refractivity contribution in [3.05, 3.63) is 0 Å². The Morgan fingerprint density at radius 1 is 1.89 bits per heavy atom. The van der Waals surface area contributed by atoms with E-state index in [9.17, 15) is 9.46 Å². The van der Waals surface area contributed by atoms with E-state index in [-0.39, 0.29) is 51.4 Å². The third-order valence-corrected chi connectivity index (χ3v) is 1.15. The van der Waals surface area contributed by atoms with Gasteiger partial charge in [-0.25, -0.2) is 0 Å². The van der Waals surface area contributed by atoms with Gasteiger partial charge in [0, 0.05) is 0 Å². The van der Waals surface area contributed by atoms with E-state index >= 15 is 0 Å².